The lowest BCUT2D eigenvalue weighted by Crippen LogP contribution is -2.21. The van der Waals surface area contributed by atoms with E-state index in [0.717, 1.165) is 22.2 Å². The topological polar surface area (TPSA) is 62.7 Å². The van der Waals surface area contributed by atoms with Crippen LogP contribution in [0.25, 0.3) is 28.0 Å². The van der Waals surface area contributed by atoms with Crippen LogP contribution in [0.5, 0.6) is 0 Å². The van der Waals surface area contributed by atoms with Gasteiger partial charge in [0.2, 0.25) is 0 Å². The van der Waals surface area contributed by atoms with E-state index >= 15 is 0 Å². The molecule has 0 aliphatic carbocycles. The summed E-state index contributed by atoms with van der Waals surface area (Å²) in [5.74, 6) is -0.617. The molecule has 5 rings (SSSR count). The van der Waals surface area contributed by atoms with Crippen molar-refractivity contribution in [1.82, 2.24) is 20.1 Å². The maximum Gasteiger partial charge on any atom is 0.254 e. The zero-order valence-electron chi connectivity index (χ0n) is 17.6. The summed E-state index contributed by atoms with van der Waals surface area (Å²) in [6, 6.07) is 23.6. The minimum absolute atomic E-state index is 0.225. The van der Waals surface area contributed by atoms with Gasteiger partial charge in [-0.15, -0.1) is 0 Å². The van der Waals surface area contributed by atoms with Gasteiger partial charge in [-0.2, -0.15) is 5.10 Å². The van der Waals surface area contributed by atoms with Crippen molar-refractivity contribution in [3.63, 3.8) is 0 Å². The molecule has 5 nitrogen and oxygen atoms in total. The van der Waals surface area contributed by atoms with Crippen LogP contribution in [0.1, 0.15) is 11.1 Å². The molecule has 0 aliphatic heterocycles. The SMILES string of the molecule is O=c1[nH]c2c(cc1CNCc1ccc(F)cc1)c(-c1ccc(F)cc1)nn2-c1ccccc1. The third kappa shape index (κ3) is 4.31. The van der Waals surface area contributed by atoms with Gasteiger partial charge in [0.15, 0.2) is 0 Å². The molecule has 0 bridgehead atoms. The number of aromatic nitrogens is 3. The molecule has 2 aromatic heterocycles. The van der Waals surface area contributed by atoms with Gasteiger partial charge in [-0.25, -0.2) is 13.5 Å². The number of nitrogens with zero attached hydrogens (tertiary/aromatic N) is 2. The Hall–Kier alpha value is -4.10. The van der Waals surface area contributed by atoms with Crippen LogP contribution in [0.3, 0.4) is 0 Å². The predicted octanol–water partition coefficient (Wildman–Crippen LogP) is 4.95. The average Bonchev–Trinajstić information content (AvgIpc) is 3.19. The quantitative estimate of drug-likeness (QED) is 0.391. The standard InChI is InChI=1S/C26H20F2N4O/c27-20-10-6-17(7-11-20)15-29-16-19-14-23-24(18-8-12-21(28)13-9-18)31-32(25(23)30-26(19)33)22-4-2-1-3-5-22/h1-14,29H,15-16H2,(H,30,33). The number of nitrogens with one attached hydrogen (secondary N) is 2. The van der Waals surface area contributed by atoms with Crippen molar-refractivity contribution in [3.8, 4) is 16.9 Å². The van der Waals surface area contributed by atoms with Crippen LogP contribution in [0, 0.1) is 11.6 Å². The fourth-order valence-corrected chi connectivity index (χ4v) is 3.77. The Morgan fingerprint density at radius 1 is 0.848 bits per heavy atom. The minimum Gasteiger partial charge on any atom is -0.308 e. The monoisotopic (exact) mass is 442 g/mol. The van der Waals surface area contributed by atoms with Crippen molar-refractivity contribution < 1.29 is 8.78 Å². The highest BCUT2D eigenvalue weighted by Crippen LogP contribution is 2.29. The maximum atomic E-state index is 13.5. The molecule has 2 N–H and O–H groups in total. The van der Waals surface area contributed by atoms with E-state index in [1.807, 2.05) is 36.4 Å². The van der Waals surface area contributed by atoms with E-state index < -0.39 is 0 Å². The molecule has 0 saturated carbocycles. The first-order chi connectivity index (χ1) is 16.1. The van der Waals surface area contributed by atoms with Gasteiger partial charge >= 0.3 is 0 Å². The summed E-state index contributed by atoms with van der Waals surface area (Å²) in [6.45, 7) is 0.813. The highest BCUT2D eigenvalue weighted by molar-refractivity contribution is 5.92. The summed E-state index contributed by atoms with van der Waals surface area (Å²) in [5.41, 5.74) is 3.98. The van der Waals surface area contributed by atoms with E-state index in [-0.39, 0.29) is 17.2 Å². The number of fused-ring (bicyclic) bond motifs is 1. The molecule has 0 amide bonds. The number of H-pyrrole nitrogens is 1. The van der Waals surface area contributed by atoms with Crippen LogP contribution >= 0.6 is 0 Å². The Balaban J connectivity index is 1.54. The van der Waals surface area contributed by atoms with E-state index in [9.17, 15) is 13.6 Å². The Morgan fingerprint density at radius 3 is 2.21 bits per heavy atom. The van der Waals surface area contributed by atoms with E-state index in [4.69, 9.17) is 5.10 Å². The van der Waals surface area contributed by atoms with Gasteiger partial charge in [0, 0.05) is 29.6 Å². The second-order valence-corrected chi connectivity index (χ2v) is 7.72. The van der Waals surface area contributed by atoms with E-state index in [0.29, 0.717) is 30.0 Å². The fraction of sp³-hybridized carbons (Fsp3) is 0.0769. The summed E-state index contributed by atoms with van der Waals surface area (Å²) in [4.78, 5) is 15.8. The number of para-hydroxylation sites is 1. The molecule has 3 aromatic carbocycles. The number of pyridine rings is 1. The third-order valence-corrected chi connectivity index (χ3v) is 5.44. The molecule has 33 heavy (non-hydrogen) atoms. The largest absolute Gasteiger partial charge is 0.308 e. The molecule has 2 heterocycles. The number of halogens is 2. The minimum atomic E-state index is -0.329. The molecule has 0 unspecified atom stereocenters. The molecule has 7 heteroatoms. The summed E-state index contributed by atoms with van der Waals surface area (Å²) in [6.07, 6.45) is 0. The Labute approximate surface area is 188 Å². The van der Waals surface area contributed by atoms with Crippen molar-refractivity contribution in [2.24, 2.45) is 0 Å². The molecule has 0 fully saturated rings. The van der Waals surface area contributed by atoms with Gasteiger partial charge in [0.25, 0.3) is 5.56 Å². The molecule has 0 aliphatic rings. The van der Waals surface area contributed by atoms with E-state index in [1.165, 1.54) is 24.3 Å². The molecular weight excluding hydrogens is 422 g/mol. The first-order valence-corrected chi connectivity index (χ1v) is 10.5. The van der Waals surface area contributed by atoms with Crippen molar-refractivity contribution in [3.05, 3.63) is 118 Å². The second kappa shape index (κ2) is 8.80. The Morgan fingerprint density at radius 2 is 1.52 bits per heavy atom. The van der Waals surface area contributed by atoms with E-state index in [2.05, 4.69) is 10.3 Å². The zero-order valence-corrected chi connectivity index (χ0v) is 17.6. The van der Waals surface area contributed by atoms with Crippen LogP contribution in [-0.2, 0) is 13.1 Å². The highest BCUT2D eigenvalue weighted by Gasteiger charge is 2.16. The molecule has 5 aromatic rings. The highest BCUT2D eigenvalue weighted by atomic mass is 19.1. The Bertz CT molecular complexity index is 1460. The predicted molar refractivity (Wildman–Crippen MR) is 124 cm³/mol. The van der Waals surface area contributed by atoms with Crippen LogP contribution in [0.2, 0.25) is 0 Å². The normalized spacial score (nSPS) is 11.2. The van der Waals surface area contributed by atoms with Crippen LogP contribution in [0.15, 0.2) is 89.7 Å². The van der Waals surface area contributed by atoms with Crippen molar-refractivity contribution in [2.75, 3.05) is 0 Å². The number of benzene rings is 3. The van der Waals surface area contributed by atoms with Gasteiger partial charge in [-0.3, -0.25) is 4.79 Å². The molecular formula is C26H20F2N4O. The first kappa shape index (κ1) is 20.8. The van der Waals surface area contributed by atoms with Crippen LogP contribution in [-0.4, -0.2) is 14.8 Å². The third-order valence-electron chi connectivity index (χ3n) is 5.44. The molecule has 0 spiro atoms. The van der Waals surface area contributed by atoms with Crippen molar-refractivity contribution in [1.29, 1.82) is 0 Å². The van der Waals surface area contributed by atoms with Crippen LogP contribution < -0.4 is 10.9 Å². The van der Waals surface area contributed by atoms with Gasteiger partial charge in [-0.1, -0.05) is 30.3 Å². The number of hydrogen-bond acceptors (Lipinski definition) is 3. The number of aromatic amines is 1. The summed E-state index contributed by atoms with van der Waals surface area (Å²) < 4.78 is 28.3. The molecule has 0 radical (unpaired) electrons. The number of hydrogen-bond donors (Lipinski definition) is 2. The van der Waals surface area contributed by atoms with Crippen LogP contribution in [0.4, 0.5) is 8.78 Å². The first-order valence-electron chi connectivity index (χ1n) is 10.5. The lowest BCUT2D eigenvalue weighted by molar-refractivity contribution is 0.624. The van der Waals surface area contributed by atoms with E-state index in [1.54, 1.807) is 28.9 Å². The molecule has 0 saturated heterocycles. The maximum absolute atomic E-state index is 13.5. The lowest BCUT2D eigenvalue weighted by Gasteiger charge is -2.06. The summed E-state index contributed by atoms with van der Waals surface area (Å²) in [5, 5.41) is 8.73. The number of rotatable bonds is 6. The van der Waals surface area contributed by atoms with Gasteiger partial charge < -0.3 is 10.3 Å². The van der Waals surface area contributed by atoms with Crippen molar-refractivity contribution in [2.45, 2.75) is 13.1 Å². The average molecular weight is 442 g/mol. The van der Waals surface area contributed by atoms with Gasteiger partial charge in [0.1, 0.15) is 23.0 Å². The van der Waals surface area contributed by atoms with Gasteiger partial charge in [0.05, 0.1) is 5.69 Å². The van der Waals surface area contributed by atoms with Crippen molar-refractivity contribution >= 4 is 11.0 Å². The Kier molecular flexibility index (Phi) is 5.54. The lowest BCUT2D eigenvalue weighted by atomic mass is 10.1. The smallest absolute Gasteiger partial charge is 0.254 e. The molecule has 164 valence electrons. The second-order valence-electron chi connectivity index (χ2n) is 7.72. The molecule has 0 atom stereocenters. The fourth-order valence-electron chi connectivity index (χ4n) is 3.77. The summed E-state index contributed by atoms with van der Waals surface area (Å²) in [7, 11) is 0. The zero-order chi connectivity index (χ0) is 22.8. The summed E-state index contributed by atoms with van der Waals surface area (Å²) >= 11 is 0. The van der Waals surface area contributed by atoms with Gasteiger partial charge in [-0.05, 0) is 60.2 Å².